The molecule has 1 fully saturated rings. The lowest BCUT2D eigenvalue weighted by Gasteiger charge is -2.27. The SMILES string of the molecule is CNc1ncnc(NN2CCOCC2)c1Br. The normalized spacial score (nSPS) is 17.1. The molecule has 1 aromatic rings. The van der Waals surface area contributed by atoms with Crippen LogP contribution in [0.1, 0.15) is 0 Å². The summed E-state index contributed by atoms with van der Waals surface area (Å²) in [5.74, 6) is 1.53. The van der Waals surface area contributed by atoms with E-state index in [-0.39, 0.29) is 0 Å². The van der Waals surface area contributed by atoms with E-state index in [1.165, 1.54) is 6.33 Å². The molecule has 0 radical (unpaired) electrons. The largest absolute Gasteiger partial charge is 0.379 e. The minimum absolute atomic E-state index is 0.745. The number of nitrogens with zero attached hydrogens (tertiary/aromatic N) is 3. The maximum atomic E-state index is 5.27. The molecule has 1 aliphatic rings. The molecule has 0 spiro atoms. The molecule has 0 aromatic carbocycles. The third-order valence-electron chi connectivity index (χ3n) is 2.30. The number of aromatic nitrogens is 2. The van der Waals surface area contributed by atoms with E-state index in [2.05, 4.69) is 41.6 Å². The van der Waals surface area contributed by atoms with Gasteiger partial charge in [0.05, 0.1) is 13.2 Å². The number of anilines is 2. The van der Waals surface area contributed by atoms with E-state index in [4.69, 9.17) is 4.74 Å². The summed E-state index contributed by atoms with van der Waals surface area (Å²) in [6.45, 7) is 3.19. The second kappa shape index (κ2) is 5.42. The summed E-state index contributed by atoms with van der Waals surface area (Å²) < 4.78 is 6.11. The topological polar surface area (TPSA) is 62.3 Å². The highest BCUT2D eigenvalue weighted by Gasteiger charge is 2.13. The van der Waals surface area contributed by atoms with E-state index in [0.717, 1.165) is 42.4 Å². The van der Waals surface area contributed by atoms with Crippen LogP contribution in [0, 0.1) is 0 Å². The monoisotopic (exact) mass is 287 g/mol. The van der Waals surface area contributed by atoms with Crippen LogP contribution in [0.15, 0.2) is 10.8 Å². The number of morpholine rings is 1. The predicted octanol–water partition coefficient (Wildman–Crippen LogP) is 0.940. The van der Waals surface area contributed by atoms with Crippen LogP contribution in [-0.2, 0) is 4.74 Å². The Morgan fingerprint density at radius 3 is 2.69 bits per heavy atom. The quantitative estimate of drug-likeness (QED) is 0.863. The Bertz CT molecular complexity index is 356. The van der Waals surface area contributed by atoms with Crippen LogP contribution in [0.4, 0.5) is 11.6 Å². The van der Waals surface area contributed by atoms with Crippen LogP contribution in [0.5, 0.6) is 0 Å². The highest BCUT2D eigenvalue weighted by molar-refractivity contribution is 9.10. The number of rotatable bonds is 3. The van der Waals surface area contributed by atoms with E-state index in [1.807, 2.05) is 7.05 Å². The number of hydrazine groups is 1. The van der Waals surface area contributed by atoms with Gasteiger partial charge in [0.1, 0.15) is 16.6 Å². The Balaban J connectivity index is 2.08. The Kier molecular flexibility index (Phi) is 3.92. The fourth-order valence-corrected chi connectivity index (χ4v) is 1.94. The highest BCUT2D eigenvalue weighted by atomic mass is 79.9. The maximum absolute atomic E-state index is 5.27. The summed E-state index contributed by atoms with van der Waals surface area (Å²) in [4.78, 5) is 8.29. The molecule has 88 valence electrons. The van der Waals surface area contributed by atoms with Crippen molar-refractivity contribution in [1.29, 1.82) is 0 Å². The molecule has 0 aliphatic carbocycles. The summed E-state index contributed by atoms with van der Waals surface area (Å²) in [5.41, 5.74) is 3.24. The second-order valence-electron chi connectivity index (χ2n) is 3.35. The first-order chi connectivity index (χ1) is 7.81. The number of ether oxygens (including phenoxy) is 1. The van der Waals surface area contributed by atoms with Crippen LogP contribution < -0.4 is 10.7 Å². The van der Waals surface area contributed by atoms with Crippen LogP contribution in [0.2, 0.25) is 0 Å². The Hall–Kier alpha value is -0.920. The van der Waals surface area contributed by atoms with Crippen molar-refractivity contribution in [2.45, 2.75) is 0 Å². The fraction of sp³-hybridized carbons (Fsp3) is 0.556. The number of halogens is 1. The van der Waals surface area contributed by atoms with Crippen LogP contribution >= 0.6 is 15.9 Å². The molecular weight excluding hydrogens is 274 g/mol. The standard InChI is InChI=1S/C9H14BrN5O/c1-11-8-7(10)9(13-6-12-8)14-15-2-4-16-5-3-15/h6H,2-5H2,1H3,(H2,11,12,13,14). The molecule has 0 bridgehead atoms. The van der Waals surface area contributed by atoms with Gasteiger partial charge >= 0.3 is 0 Å². The van der Waals surface area contributed by atoms with E-state index in [0.29, 0.717) is 0 Å². The first-order valence-electron chi connectivity index (χ1n) is 5.09. The smallest absolute Gasteiger partial charge is 0.160 e. The van der Waals surface area contributed by atoms with Crippen molar-refractivity contribution in [3.05, 3.63) is 10.8 Å². The van der Waals surface area contributed by atoms with Crippen LogP contribution in [0.25, 0.3) is 0 Å². The van der Waals surface area contributed by atoms with Crippen molar-refractivity contribution in [3.8, 4) is 0 Å². The van der Waals surface area contributed by atoms with Crippen molar-refractivity contribution in [2.75, 3.05) is 44.1 Å². The molecule has 6 nitrogen and oxygen atoms in total. The van der Waals surface area contributed by atoms with Gasteiger partial charge in [-0.05, 0) is 15.9 Å². The zero-order valence-corrected chi connectivity index (χ0v) is 10.6. The lowest BCUT2D eigenvalue weighted by atomic mass is 10.5. The Labute approximate surface area is 103 Å². The first kappa shape index (κ1) is 11.6. The van der Waals surface area contributed by atoms with Crippen molar-refractivity contribution in [3.63, 3.8) is 0 Å². The van der Waals surface area contributed by atoms with Gasteiger partial charge < -0.3 is 15.5 Å². The second-order valence-corrected chi connectivity index (χ2v) is 4.14. The lowest BCUT2D eigenvalue weighted by molar-refractivity contribution is 0.0494. The molecule has 1 aliphatic heterocycles. The van der Waals surface area contributed by atoms with E-state index < -0.39 is 0 Å². The highest BCUT2D eigenvalue weighted by Crippen LogP contribution is 2.26. The van der Waals surface area contributed by atoms with Gasteiger partial charge in [-0.15, -0.1) is 0 Å². The third kappa shape index (κ3) is 2.60. The molecule has 2 rings (SSSR count). The van der Waals surface area contributed by atoms with Crippen LogP contribution in [-0.4, -0.2) is 48.3 Å². The van der Waals surface area contributed by atoms with Gasteiger partial charge in [0.2, 0.25) is 0 Å². The molecule has 16 heavy (non-hydrogen) atoms. The first-order valence-corrected chi connectivity index (χ1v) is 5.88. The molecule has 0 amide bonds. The third-order valence-corrected chi connectivity index (χ3v) is 3.05. The van der Waals surface area contributed by atoms with Gasteiger partial charge in [0, 0.05) is 20.1 Å². The minimum Gasteiger partial charge on any atom is -0.379 e. The number of nitrogens with one attached hydrogen (secondary N) is 2. The van der Waals surface area contributed by atoms with Crippen molar-refractivity contribution in [2.24, 2.45) is 0 Å². The molecule has 2 N–H and O–H groups in total. The van der Waals surface area contributed by atoms with E-state index in [1.54, 1.807) is 0 Å². The van der Waals surface area contributed by atoms with Gasteiger partial charge in [-0.2, -0.15) is 0 Å². The summed E-state index contributed by atoms with van der Waals surface area (Å²) in [6, 6.07) is 0. The molecular formula is C9H14BrN5O. The molecule has 2 heterocycles. The predicted molar refractivity (Wildman–Crippen MR) is 65.3 cm³/mol. The average molecular weight is 288 g/mol. The van der Waals surface area contributed by atoms with E-state index >= 15 is 0 Å². The molecule has 0 saturated carbocycles. The van der Waals surface area contributed by atoms with Crippen molar-refractivity contribution >= 4 is 27.6 Å². The zero-order chi connectivity index (χ0) is 11.4. The van der Waals surface area contributed by atoms with Gasteiger partial charge in [-0.25, -0.2) is 15.0 Å². The van der Waals surface area contributed by atoms with Crippen LogP contribution in [0.3, 0.4) is 0 Å². The summed E-state index contributed by atoms with van der Waals surface area (Å²) in [5, 5.41) is 5.07. The van der Waals surface area contributed by atoms with Crippen molar-refractivity contribution < 1.29 is 4.74 Å². The number of hydrogen-bond acceptors (Lipinski definition) is 6. The van der Waals surface area contributed by atoms with Crippen molar-refractivity contribution in [1.82, 2.24) is 15.0 Å². The summed E-state index contributed by atoms with van der Waals surface area (Å²) >= 11 is 3.46. The summed E-state index contributed by atoms with van der Waals surface area (Å²) in [7, 11) is 1.83. The molecule has 0 atom stereocenters. The van der Waals surface area contributed by atoms with Gasteiger partial charge in [0.25, 0.3) is 0 Å². The fourth-order valence-electron chi connectivity index (χ4n) is 1.45. The van der Waals surface area contributed by atoms with E-state index in [9.17, 15) is 0 Å². The lowest BCUT2D eigenvalue weighted by Crippen LogP contribution is -2.40. The Morgan fingerprint density at radius 2 is 2.00 bits per heavy atom. The average Bonchev–Trinajstić information content (AvgIpc) is 2.33. The summed E-state index contributed by atoms with van der Waals surface area (Å²) in [6.07, 6.45) is 1.53. The molecule has 1 saturated heterocycles. The molecule has 0 unspecified atom stereocenters. The van der Waals surface area contributed by atoms with Gasteiger partial charge in [-0.3, -0.25) is 0 Å². The maximum Gasteiger partial charge on any atom is 0.160 e. The Morgan fingerprint density at radius 1 is 1.31 bits per heavy atom. The molecule has 7 heteroatoms. The zero-order valence-electron chi connectivity index (χ0n) is 9.03. The number of hydrogen-bond donors (Lipinski definition) is 2. The van der Waals surface area contributed by atoms with Gasteiger partial charge in [-0.1, -0.05) is 0 Å². The molecule has 1 aromatic heterocycles. The van der Waals surface area contributed by atoms with Gasteiger partial charge in [0.15, 0.2) is 5.82 Å². The minimum atomic E-state index is 0.745.